The van der Waals surface area contributed by atoms with Crippen LogP contribution in [0.2, 0.25) is 0 Å². The SMILES string of the molecule is CNC(O)[C@@H](OS(=O)(=O)c1ccc(C)cc1)C1C=CCCC1. The topological polar surface area (TPSA) is 75.6 Å². The van der Waals surface area contributed by atoms with E-state index in [4.69, 9.17) is 4.18 Å². The van der Waals surface area contributed by atoms with Gasteiger partial charge in [-0.1, -0.05) is 29.8 Å². The van der Waals surface area contributed by atoms with Crippen LogP contribution in [0, 0.1) is 12.8 Å². The van der Waals surface area contributed by atoms with Crippen molar-refractivity contribution in [3.8, 4) is 0 Å². The van der Waals surface area contributed by atoms with Gasteiger partial charge in [-0.3, -0.25) is 9.50 Å². The molecule has 0 saturated carbocycles. The Hall–Kier alpha value is -1.21. The van der Waals surface area contributed by atoms with Gasteiger partial charge in [0.1, 0.15) is 12.3 Å². The Labute approximate surface area is 132 Å². The number of allylic oxidation sites excluding steroid dienone is 1. The minimum absolute atomic E-state index is 0.103. The predicted molar refractivity (Wildman–Crippen MR) is 84.8 cm³/mol. The maximum atomic E-state index is 12.4. The molecule has 0 saturated heterocycles. The summed E-state index contributed by atoms with van der Waals surface area (Å²) < 4.78 is 30.2. The van der Waals surface area contributed by atoms with Gasteiger partial charge in [-0.2, -0.15) is 8.42 Å². The van der Waals surface area contributed by atoms with Crippen molar-refractivity contribution in [2.75, 3.05) is 7.05 Å². The number of rotatable bonds is 6. The highest BCUT2D eigenvalue weighted by atomic mass is 32.2. The van der Waals surface area contributed by atoms with Crippen LogP contribution in [0.4, 0.5) is 0 Å². The molecule has 0 heterocycles. The van der Waals surface area contributed by atoms with Gasteiger partial charge in [0.2, 0.25) is 0 Å². The first kappa shape index (κ1) is 17.1. The molecule has 2 rings (SSSR count). The molecule has 1 aliphatic rings. The van der Waals surface area contributed by atoms with E-state index in [2.05, 4.69) is 5.32 Å². The molecule has 0 spiro atoms. The summed E-state index contributed by atoms with van der Waals surface area (Å²) in [6, 6.07) is 6.48. The smallest absolute Gasteiger partial charge is 0.297 e. The van der Waals surface area contributed by atoms with E-state index >= 15 is 0 Å². The Morgan fingerprint density at radius 1 is 1.32 bits per heavy atom. The van der Waals surface area contributed by atoms with Gasteiger partial charge < -0.3 is 5.11 Å². The molecule has 2 unspecified atom stereocenters. The molecule has 22 heavy (non-hydrogen) atoms. The first-order chi connectivity index (χ1) is 10.4. The van der Waals surface area contributed by atoms with Gasteiger partial charge in [-0.05, 0) is 45.4 Å². The predicted octanol–water partition coefficient (Wildman–Crippen LogP) is 1.96. The molecule has 122 valence electrons. The quantitative estimate of drug-likeness (QED) is 0.475. The third kappa shape index (κ3) is 4.16. The zero-order chi connectivity index (χ0) is 16.2. The second-order valence-electron chi connectivity index (χ2n) is 5.58. The maximum absolute atomic E-state index is 12.4. The minimum Gasteiger partial charge on any atom is -0.376 e. The number of aryl methyl sites for hydroxylation is 1. The summed E-state index contributed by atoms with van der Waals surface area (Å²) in [7, 11) is -2.34. The van der Waals surface area contributed by atoms with Gasteiger partial charge in [-0.25, -0.2) is 0 Å². The summed E-state index contributed by atoms with van der Waals surface area (Å²) >= 11 is 0. The number of likely N-dealkylation sites (N-methyl/N-ethyl adjacent to an activating group) is 1. The van der Waals surface area contributed by atoms with Gasteiger partial charge in [0.25, 0.3) is 10.1 Å². The molecule has 0 bridgehead atoms. The van der Waals surface area contributed by atoms with Crippen LogP contribution in [0.15, 0.2) is 41.3 Å². The highest BCUT2D eigenvalue weighted by Crippen LogP contribution is 2.27. The lowest BCUT2D eigenvalue weighted by Gasteiger charge is -2.29. The van der Waals surface area contributed by atoms with E-state index in [9.17, 15) is 13.5 Å². The van der Waals surface area contributed by atoms with Crippen molar-refractivity contribution in [1.29, 1.82) is 0 Å². The van der Waals surface area contributed by atoms with Crippen molar-refractivity contribution in [3.63, 3.8) is 0 Å². The first-order valence-electron chi connectivity index (χ1n) is 7.46. The van der Waals surface area contributed by atoms with E-state index in [1.807, 2.05) is 19.1 Å². The zero-order valence-corrected chi connectivity index (χ0v) is 13.7. The van der Waals surface area contributed by atoms with Crippen LogP contribution < -0.4 is 5.32 Å². The molecule has 0 aliphatic heterocycles. The average molecular weight is 325 g/mol. The molecular weight excluding hydrogens is 302 g/mol. The fraction of sp³-hybridized carbons (Fsp3) is 0.500. The molecule has 5 nitrogen and oxygen atoms in total. The fourth-order valence-electron chi connectivity index (χ4n) is 2.54. The van der Waals surface area contributed by atoms with Crippen molar-refractivity contribution >= 4 is 10.1 Å². The molecule has 6 heteroatoms. The summed E-state index contributed by atoms with van der Waals surface area (Å²) in [5, 5.41) is 12.8. The zero-order valence-electron chi connectivity index (χ0n) is 12.9. The summed E-state index contributed by atoms with van der Waals surface area (Å²) in [6.07, 6.45) is 4.78. The standard InChI is InChI=1S/C16H23NO4S/c1-12-8-10-14(11-9-12)22(19,20)21-15(16(18)17-2)13-6-4-3-5-7-13/h4,6,8-11,13,15-18H,3,5,7H2,1-2H3/t13?,15-,16?/m0/s1. The molecular formula is C16H23NO4S. The number of nitrogens with one attached hydrogen (secondary N) is 1. The summed E-state index contributed by atoms with van der Waals surface area (Å²) in [6.45, 7) is 1.89. The van der Waals surface area contributed by atoms with Crippen LogP contribution in [-0.4, -0.2) is 32.9 Å². The average Bonchev–Trinajstić information content (AvgIpc) is 2.53. The Bertz CT molecular complexity index is 610. The van der Waals surface area contributed by atoms with Gasteiger partial charge in [-0.15, -0.1) is 0 Å². The molecule has 0 amide bonds. The summed E-state index contributed by atoms with van der Waals surface area (Å²) in [4.78, 5) is 0.103. The van der Waals surface area contributed by atoms with Crippen LogP contribution in [0.5, 0.6) is 0 Å². The highest BCUT2D eigenvalue weighted by Gasteiger charge is 2.33. The molecule has 1 aliphatic carbocycles. The second-order valence-corrected chi connectivity index (χ2v) is 7.16. The monoisotopic (exact) mass is 325 g/mol. The van der Waals surface area contributed by atoms with Crippen LogP contribution in [0.3, 0.4) is 0 Å². The number of hydrogen-bond acceptors (Lipinski definition) is 5. The second kappa shape index (κ2) is 7.37. The van der Waals surface area contributed by atoms with Gasteiger partial charge >= 0.3 is 0 Å². The van der Waals surface area contributed by atoms with Crippen molar-refractivity contribution in [2.45, 2.75) is 43.4 Å². The van der Waals surface area contributed by atoms with E-state index in [0.29, 0.717) is 0 Å². The van der Waals surface area contributed by atoms with Crippen LogP contribution >= 0.6 is 0 Å². The van der Waals surface area contributed by atoms with E-state index in [-0.39, 0.29) is 10.8 Å². The number of hydrogen-bond donors (Lipinski definition) is 2. The number of aliphatic hydroxyl groups is 1. The van der Waals surface area contributed by atoms with Gasteiger partial charge in [0.15, 0.2) is 0 Å². The number of aliphatic hydroxyl groups excluding tert-OH is 1. The molecule has 3 atom stereocenters. The molecule has 1 aromatic carbocycles. The maximum Gasteiger partial charge on any atom is 0.297 e. The van der Waals surface area contributed by atoms with E-state index in [0.717, 1.165) is 24.8 Å². The number of benzene rings is 1. The van der Waals surface area contributed by atoms with Crippen molar-refractivity contribution < 1.29 is 17.7 Å². The van der Waals surface area contributed by atoms with Crippen LogP contribution in [0.25, 0.3) is 0 Å². The van der Waals surface area contributed by atoms with E-state index in [1.165, 1.54) is 12.1 Å². The van der Waals surface area contributed by atoms with Crippen LogP contribution in [0.1, 0.15) is 24.8 Å². The van der Waals surface area contributed by atoms with Gasteiger partial charge in [0, 0.05) is 5.92 Å². The van der Waals surface area contributed by atoms with Crippen molar-refractivity contribution in [3.05, 3.63) is 42.0 Å². The first-order valence-corrected chi connectivity index (χ1v) is 8.87. The van der Waals surface area contributed by atoms with Gasteiger partial charge in [0.05, 0.1) is 4.90 Å². The summed E-state index contributed by atoms with van der Waals surface area (Å²) in [5.74, 6) is -0.128. The van der Waals surface area contributed by atoms with Crippen LogP contribution in [-0.2, 0) is 14.3 Å². The van der Waals surface area contributed by atoms with E-state index in [1.54, 1.807) is 19.2 Å². The summed E-state index contributed by atoms with van der Waals surface area (Å²) in [5.41, 5.74) is 0.973. The third-order valence-corrected chi connectivity index (χ3v) is 5.19. The lowest BCUT2D eigenvalue weighted by atomic mass is 9.90. The largest absolute Gasteiger partial charge is 0.376 e. The fourth-order valence-corrected chi connectivity index (χ4v) is 3.66. The lowest BCUT2D eigenvalue weighted by molar-refractivity contribution is -0.00309. The highest BCUT2D eigenvalue weighted by molar-refractivity contribution is 7.86. The Morgan fingerprint density at radius 2 is 2.00 bits per heavy atom. The molecule has 0 radical (unpaired) electrons. The van der Waals surface area contributed by atoms with Crippen molar-refractivity contribution in [1.82, 2.24) is 5.32 Å². The molecule has 0 aromatic heterocycles. The van der Waals surface area contributed by atoms with Crippen molar-refractivity contribution in [2.24, 2.45) is 5.92 Å². The third-order valence-electron chi connectivity index (χ3n) is 3.87. The van der Waals surface area contributed by atoms with E-state index < -0.39 is 22.4 Å². The normalized spacial score (nSPS) is 21.5. The lowest BCUT2D eigenvalue weighted by Crippen LogP contribution is -2.44. The Balaban J connectivity index is 2.23. The molecule has 1 aromatic rings. The molecule has 2 N–H and O–H groups in total. The Kier molecular flexibility index (Phi) is 5.74. The Morgan fingerprint density at radius 3 is 2.55 bits per heavy atom. The minimum atomic E-state index is -3.91. The molecule has 0 fully saturated rings.